The van der Waals surface area contributed by atoms with Gasteiger partial charge in [-0.15, -0.1) is 5.10 Å². The standard InChI is InChI=1S/C13H12N4O3/c1-7-3-4-10(20-7)11-15-12-9(14)5-8(13(18)19-2)6-17(12)16-11/h3-6H,14H2,1-2H3. The van der Waals surface area contributed by atoms with Gasteiger partial charge in [0, 0.05) is 6.20 Å². The van der Waals surface area contributed by atoms with Crippen molar-refractivity contribution in [3.8, 4) is 11.6 Å². The Morgan fingerprint density at radius 1 is 1.45 bits per heavy atom. The molecule has 0 aliphatic heterocycles. The van der Waals surface area contributed by atoms with E-state index in [1.165, 1.54) is 23.9 Å². The number of furan rings is 1. The van der Waals surface area contributed by atoms with E-state index in [1.807, 2.05) is 13.0 Å². The number of esters is 1. The van der Waals surface area contributed by atoms with Gasteiger partial charge in [-0.25, -0.2) is 14.3 Å². The molecule has 0 saturated carbocycles. The summed E-state index contributed by atoms with van der Waals surface area (Å²) in [6.45, 7) is 1.84. The van der Waals surface area contributed by atoms with Crippen LogP contribution in [-0.4, -0.2) is 27.7 Å². The molecule has 0 fully saturated rings. The van der Waals surface area contributed by atoms with Crippen LogP contribution in [-0.2, 0) is 4.74 Å². The lowest BCUT2D eigenvalue weighted by Gasteiger charge is -2.01. The molecular formula is C13H12N4O3. The zero-order valence-corrected chi connectivity index (χ0v) is 11.0. The number of hydrogen-bond donors (Lipinski definition) is 1. The lowest BCUT2D eigenvalue weighted by atomic mass is 10.2. The first-order chi connectivity index (χ1) is 9.58. The van der Waals surface area contributed by atoms with E-state index >= 15 is 0 Å². The van der Waals surface area contributed by atoms with E-state index in [9.17, 15) is 4.79 Å². The molecule has 3 rings (SSSR count). The van der Waals surface area contributed by atoms with Crippen LogP contribution in [0.1, 0.15) is 16.1 Å². The number of hydrogen-bond acceptors (Lipinski definition) is 6. The summed E-state index contributed by atoms with van der Waals surface area (Å²) in [4.78, 5) is 15.8. The fourth-order valence-corrected chi connectivity index (χ4v) is 1.90. The Bertz CT molecular complexity index is 803. The van der Waals surface area contributed by atoms with E-state index in [4.69, 9.17) is 10.2 Å². The Labute approximate surface area is 114 Å². The van der Waals surface area contributed by atoms with Crippen LogP contribution >= 0.6 is 0 Å². The first kappa shape index (κ1) is 12.2. The SMILES string of the molecule is COC(=O)c1cc(N)c2nc(-c3ccc(C)o3)nn2c1. The molecule has 0 saturated heterocycles. The number of carbonyl (C=O) groups is 1. The topological polar surface area (TPSA) is 95.7 Å². The Morgan fingerprint density at radius 3 is 2.90 bits per heavy atom. The van der Waals surface area contributed by atoms with Gasteiger partial charge in [0.15, 0.2) is 11.4 Å². The molecule has 0 spiro atoms. The van der Waals surface area contributed by atoms with Crippen LogP contribution in [0.4, 0.5) is 5.69 Å². The summed E-state index contributed by atoms with van der Waals surface area (Å²) in [5.74, 6) is 1.24. The van der Waals surface area contributed by atoms with Crippen molar-refractivity contribution < 1.29 is 13.9 Å². The summed E-state index contributed by atoms with van der Waals surface area (Å²) < 4.78 is 11.6. The van der Waals surface area contributed by atoms with E-state index in [0.29, 0.717) is 28.5 Å². The number of nitrogens with zero attached hydrogens (tertiary/aromatic N) is 3. The summed E-state index contributed by atoms with van der Waals surface area (Å²) >= 11 is 0. The van der Waals surface area contributed by atoms with Gasteiger partial charge in [-0.3, -0.25) is 0 Å². The minimum Gasteiger partial charge on any atom is -0.465 e. The van der Waals surface area contributed by atoms with Crippen molar-refractivity contribution in [1.29, 1.82) is 0 Å². The molecule has 3 aromatic rings. The Balaban J connectivity index is 2.15. The largest absolute Gasteiger partial charge is 0.465 e. The predicted octanol–water partition coefficient (Wildman–Crippen LogP) is 1.67. The highest BCUT2D eigenvalue weighted by Crippen LogP contribution is 2.22. The van der Waals surface area contributed by atoms with Crippen molar-refractivity contribution in [2.24, 2.45) is 0 Å². The number of fused-ring (bicyclic) bond motifs is 1. The van der Waals surface area contributed by atoms with Gasteiger partial charge in [-0.2, -0.15) is 0 Å². The molecule has 0 radical (unpaired) electrons. The molecule has 0 aliphatic rings. The van der Waals surface area contributed by atoms with Gasteiger partial charge >= 0.3 is 5.97 Å². The second-order valence-electron chi connectivity index (χ2n) is 4.29. The van der Waals surface area contributed by atoms with Crippen molar-refractivity contribution >= 4 is 17.3 Å². The maximum atomic E-state index is 11.5. The van der Waals surface area contributed by atoms with Crippen molar-refractivity contribution in [2.75, 3.05) is 12.8 Å². The van der Waals surface area contributed by atoms with E-state index < -0.39 is 5.97 Å². The maximum Gasteiger partial charge on any atom is 0.339 e. The molecule has 7 nitrogen and oxygen atoms in total. The zero-order valence-electron chi connectivity index (χ0n) is 11.0. The number of nitrogens with two attached hydrogens (primary N) is 1. The van der Waals surface area contributed by atoms with E-state index in [1.54, 1.807) is 6.07 Å². The minimum atomic E-state index is -0.482. The fourth-order valence-electron chi connectivity index (χ4n) is 1.90. The summed E-state index contributed by atoms with van der Waals surface area (Å²) in [5.41, 5.74) is 7.00. The maximum absolute atomic E-state index is 11.5. The fraction of sp³-hybridized carbons (Fsp3) is 0.154. The molecule has 2 N–H and O–H groups in total. The first-order valence-corrected chi connectivity index (χ1v) is 5.89. The minimum absolute atomic E-state index is 0.310. The average molecular weight is 272 g/mol. The van der Waals surface area contributed by atoms with Crippen LogP contribution in [0.2, 0.25) is 0 Å². The summed E-state index contributed by atoms with van der Waals surface area (Å²) in [6, 6.07) is 5.11. The third-order valence-corrected chi connectivity index (χ3v) is 2.84. The molecule has 0 aliphatic carbocycles. The molecule has 20 heavy (non-hydrogen) atoms. The molecule has 0 atom stereocenters. The van der Waals surface area contributed by atoms with Gasteiger partial charge < -0.3 is 14.9 Å². The first-order valence-electron chi connectivity index (χ1n) is 5.89. The van der Waals surface area contributed by atoms with Crippen molar-refractivity contribution in [1.82, 2.24) is 14.6 Å². The number of methoxy groups -OCH3 is 1. The van der Waals surface area contributed by atoms with Gasteiger partial charge in [0.2, 0.25) is 5.82 Å². The van der Waals surface area contributed by atoms with Crippen LogP contribution in [0.3, 0.4) is 0 Å². The van der Waals surface area contributed by atoms with Gasteiger partial charge in [0.05, 0.1) is 18.4 Å². The molecule has 7 heteroatoms. The smallest absolute Gasteiger partial charge is 0.339 e. The van der Waals surface area contributed by atoms with Crippen LogP contribution < -0.4 is 5.73 Å². The van der Waals surface area contributed by atoms with Crippen LogP contribution in [0.5, 0.6) is 0 Å². The highest BCUT2D eigenvalue weighted by Gasteiger charge is 2.15. The molecule has 0 amide bonds. The average Bonchev–Trinajstić information content (AvgIpc) is 3.03. The third-order valence-electron chi connectivity index (χ3n) is 2.84. The zero-order chi connectivity index (χ0) is 14.3. The highest BCUT2D eigenvalue weighted by molar-refractivity contribution is 5.91. The van der Waals surface area contributed by atoms with E-state index in [2.05, 4.69) is 14.8 Å². The molecule has 0 unspecified atom stereocenters. The summed E-state index contributed by atoms with van der Waals surface area (Å²) in [6.07, 6.45) is 1.52. The Hall–Kier alpha value is -2.83. The summed E-state index contributed by atoms with van der Waals surface area (Å²) in [5, 5.41) is 4.26. The molecule has 0 aromatic carbocycles. The summed E-state index contributed by atoms with van der Waals surface area (Å²) in [7, 11) is 1.31. The van der Waals surface area contributed by atoms with Crippen molar-refractivity contribution in [2.45, 2.75) is 6.92 Å². The normalized spacial score (nSPS) is 10.9. The van der Waals surface area contributed by atoms with Crippen LogP contribution in [0.25, 0.3) is 17.2 Å². The van der Waals surface area contributed by atoms with Gasteiger partial charge in [-0.1, -0.05) is 0 Å². The van der Waals surface area contributed by atoms with Gasteiger partial charge in [0.25, 0.3) is 0 Å². The molecule has 0 bridgehead atoms. The lowest BCUT2D eigenvalue weighted by molar-refractivity contribution is 0.0600. The predicted molar refractivity (Wildman–Crippen MR) is 71.2 cm³/mol. The number of anilines is 1. The number of rotatable bonds is 2. The number of pyridine rings is 1. The number of carbonyl (C=O) groups excluding carboxylic acids is 1. The number of aromatic nitrogens is 3. The van der Waals surface area contributed by atoms with Crippen LogP contribution in [0.15, 0.2) is 28.8 Å². The van der Waals surface area contributed by atoms with Gasteiger partial charge in [-0.05, 0) is 25.1 Å². The second kappa shape index (κ2) is 4.37. The molecule has 102 valence electrons. The number of ether oxygens (including phenoxy) is 1. The van der Waals surface area contributed by atoms with Crippen molar-refractivity contribution in [3.63, 3.8) is 0 Å². The molecule has 3 aromatic heterocycles. The van der Waals surface area contributed by atoms with E-state index in [-0.39, 0.29) is 0 Å². The quantitative estimate of drug-likeness (QED) is 0.713. The van der Waals surface area contributed by atoms with Crippen LogP contribution in [0, 0.1) is 6.92 Å². The second-order valence-corrected chi connectivity index (χ2v) is 4.29. The van der Waals surface area contributed by atoms with Gasteiger partial charge in [0.1, 0.15) is 5.76 Å². The Morgan fingerprint density at radius 2 is 2.25 bits per heavy atom. The lowest BCUT2D eigenvalue weighted by Crippen LogP contribution is -2.05. The number of aryl methyl sites for hydroxylation is 1. The third kappa shape index (κ3) is 1.89. The monoisotopic (exact) mass is 272 g/mol. The van der Waals surface area contributed by atoms with Crippen molar-refractivity contribution in [3.05, 3.63) is 35.7 Å². The highest BCUT2D eigenvalue weighted by atomic mass is 16.5. The Kier molecular flexibility index (Phi) is 2.67. The molecule has 3 heterocycles. The van der Waals surface area contributed by atoms with E-state index in [0.717, 1.165) is 5.76 Å². The molecular weight excluding hydrogens is 260 g/mol. The number of nitrogen functional groups attached to an aromatic ring is 1.